The highest BCUT2D eigenvalue weighted by molar-refractivity contribution is 6.32. The van der Waals surface area contributed by atoms with E-state index in [9.17, 15) is 24.5 Å². The minimum Gasteiger partial charge on any atom is -0.482 e. The topological polar surface area (TPSA) is 137 Å². The van der Waals surface area contributed by atoms with E-state index in [1.807, 2.05) is 0 Å². The van der Waals surface area contributed by atoms with Crippen LogP contribution < -0.4 is 15.4 Å². The van der Waals surface area contributed by atoms with Crippen LogP contribution in [0.5, 0.6) is 5.75 Å². The fraction of sp³-hybridized carbons (Fsp3) is 0.318. The monoisotopic (exact) mass is 477 g/mol. The van der Waals surface area contributed by atoms with Crippen molar-refractivity contribution >= 4 is 40.8 Å². The molecule has 0 spiro atoms. The summed E-state index contributed by atoms with van der Waals surface area (Å²) in [6.45, 7) is 5.01. The Morgan fingerprint density at radius 3 is 2.42 bits per heavy atom. The lowest BCUT2D eigenvalue weighted by atomic mass is 10.0. The number of amides is 2. The number of carbonyl (C=O) groups is 3. The molecule has 10 nitrogen and oxygen atoms in total. The first-order valence-electron chi connectivity index (χ1n) is 9.89. The van der Waals surface area contributed by atoms with Gasteiger partial charge in [-0.2, -0.15) is 0 Å². The Hall–Kier alpha value is -3.66. The van der Waals surface area contributed by atoms with Crippen molar-refractivity contribution in [3.8, 4) is 5.75 Å². The van der Waals surface area contributed by atoms with Crippen LogP contribution in [0.15, 0.2) is 36.4 Å². The molecule has 33 heavy (non-hydrogen) atoms. The molecule has 2 N–H and O–H groups in total. The lowest BCUT2D eigenvalue weighted by molar-refractivity contribution is -0.384. The molecule has 2 rings (SSSR count). The number of methoxy groups -OCH3 is 1. The highest BCUT2D eigenvalue weighted by atomic mass is 35.5. The lowest BCUT2D eigenvalue weighted by Crippen LogP contribution is -2.47. The second-order valence-corrected chi connectivity index (χ2v) is 7.86. The Bertz CT molecular complexity index is 1070. The first-order chi connectivity index (χ1) is 15.5. The minimum absolute atomic E-state index is 0.00726. The number of benzene rings is 2. The van der Waals surface area contributed by atoms with Gasteiger partial charge in [-0.3, -0.25) is 19.7 Å². The number of nitro groups is 1. The average Bonchev–Trinajstić information content (AvgIpc) is 2.76. The number of aryl methyl sites for hydroxylation is 1. The molecule has 0 aromatic heterocycles. The van der Waals surface area contributed by atoms with Crippen molar-refractivity contribution in [2.45, 2.75) is 26.8 Å². The summed E-state index contributed by atoms with van der Waals surface area (Å²) >= 11 is 5.79. The van der Waals surface area contributed by atoms with E-state index in [0.717, 1.165) is 6.07 Å². The van der Waals surface area contributed by atoms with Gasteiger partial charge in [0.2, 0.25) is 5.91 Å². The molecule has 0 aliphatic carbocycles. The van der Waals surface area contributed by atoms with Gasteiger partial charge < -0.3 is 20.1 Å². The van der Waals surface area contributed by atoms with E-state index in [2.05, 4.69) is 15.4 Å². The van der Waals surface area contributed by atoms with E-state index in [-0.39, 0.29) is 23.1 Å². The van der Waals surface area contributed by atoms with Crippen LogP contribution >= 0.6 is 11.6 Å². The molecule has 0 fully saturated rings. The van der Waals surface area contributed by atoms with Gasteiger partial charge in [-0.25, -0.2) is 4.79 Å². The Morgan fingerprint density at radius 1 is 1.15 bits per heavy atom. The molecule has 2 aromatic carbocycles. The van der Waals surface area contributed by atoms with Gasteiger partial charge in [0.05, 0.1) is 12.0 Å². The van der Waals surface area contributed by atoms with Crippen molar-refractivity contribution in [2.24, 2.45) is 5.92 Å². The van der Waals surface area contributed by atoms with Crippen LogP contribution in [0, 0.1) is 23.0 Å². The summed E-state index contributed by atoms with van der Waals surface area (Å²) in [7, 11) is 1.26. The molecular weight excluding hydrogens is 454 g/mol. The molecule has 0 saturated heterocycles. The van der Waals surface area contributed by atoms with Gasteiger partial charge in [-0.05, 0) is 48.7 Å². The predicted molar refractivity (Wildman–Crippen MR) is 122 cm³/mol. The van der Waals surface area contributed by atoms with Gasteiger partial charge in [-0.1, -0.05) is 25.4 Å². The van der Waals surface area contributed by atoms with Crippen LogP contribution in [0.4, 0.5) is 11.4 Å². The Labute approximate surface area is 195 Å². The molecular formula is C22H24ClN3O7. The number of hydrogen-bond donors (Lipinski definition) is 2. The van der Waals surface area contributed by atoms with E-state index in [4.69, 9.17) is 16.3 Å². The van der Waals surface area contributed by atoms with Gasteiger partial charge in [0.15, 0.2) is 6.61 Å². The van der Waals surface area contributed by atoms with Gasteiger partial charge in [0, 0.05) is 17.3 Å². The zero-order valence-corrected chi connectivity index (χ0v) is 19.3. The van der Waals surface area contributed by atoms with Crippen LogP contribution in [-0.4, -0.2) is 42.5 Å². The molecule has 0 bridgehead atoms. The number of ether oxygens (including phenoxy) is 2. The van der Waals surface area contributed by atoms with Crippen molar-refractivity contribution in [3.05, 3.63) is 62.7 Å². The van der Waals surface area contributed by atoms with E-state index in [1.54, 1.807) is 39.0 Å². The molecule has 11 heteroatoms. The van der Waals surface area contributed by atoms with Crippen LogP contribution in [0.3, 0.4) is 0 Å². The quantitative estimate of drug-likeness (QED) is 0.320. The average molecular weight is 478 g/mol. The highest BCUT2D eigenvalue weighted by Gasteiger charge is 2.26. The third kappa shape index (κ3) is 6.91. The zero-order chi connectivity index (χ0) is 24.7. The molecule has 1 atom stereocenters. The number of nitrogens with one attached hydrogen (secondary N) is 2. The van der Waals surface area contributed by atoms with Crippen LogP contribution in [-0.2, 0) is 14.3 Å². The third-order valence-corrected chi connectivity index (χ3v) is 5.00. The molecule has 0 heterocycles. The van der Waals surface area contributed by atoms with E-state index < -0.39 is 34.4 Å². The summed E-state index contributed by atoms with van der Waals surface area (Å²) in [6, 6.07) is 7.59. The SMILES string of the molecule is COC(=O)COc1ccc(NC(=O)C(NC(=O)c2ccc(Cl)c([N+](=O)[O-])c2)C(C)C)c(C)c1. The van der Waals surface area contributed by atoms with Crippen molar-refractivity contribution in [2.75, 3.05) is 19.0 Å². The first kappa shape index (κ1) is 25.6. The normalized spacial score (nSPS) is 11.5. The maximum Gasteiger partial charge on any atom is 0.343 e. The molecule has 0 aliphatic heterocycles. The van der Waals surface area contributed by atoms with Crippen molar-refractivity contribution in [3.63, 3.8) is 0 Å². The van der Waals surface area contributed by atoms with Gasteiger partial charge >= 0.3 is 5.97 Å². The van der Waals surface area contributed by atoms with Crippen molar-refractivity contribution in [1.82, 2.24) is 5.32 Å². The number of hydrogen-bond acceptors (Lipinski definition) is 7. The minimum atomic E-state index is -0.915. The summed E-state index contributed by atoms with van der Waals surface area (Å²) in [6.07, 6.45) is 0. The van der Waals surface area contributed by atoms with Crippen LogP contribution in [0.1, 0.15) is 29.8 Å². The number of carbonyl (C=O) groups excluding carboxylic acids is 3. The molecule has 176 valence electrons. The fourth-order valence-corrected chi connectivity index (χ4v) is 3.02. The Balaban J connectivity index is 2.13. The number of halogens is 1. The van der Waals surface area contributed by atoms with E-state index >= 15 is 0 Å². The van der Waals surface area contributed by atoms with Crippen LogP contribution in [0.2, 0.25) is 5.02 Å². The number of rotatable bonds is 9. The molecule has 0 radical (unpaired) electrons. The van der Waals surface area contributed by atoms with Crippen molar-refractivity contribution in [1.29, 1.82) is 0 Å². The van der Waals surface area contributed by atoms with E-state index in [1.165, 1.54) is 19.2 Å². The maximum absolute atomic E-state index is 12.9. The highest BCUT2D eigenvalue weighted by Crippen LogP contribution is 2.25. The number of nitro benzene ring substituents is 1. The van der Waals surface area contributed by atoms with Gasteiger partial charge in [0.25, 0.3) is 11.6 Å². The first-order valence-corrected chi connectivity index (χ1v) is 10.3. The standard InChI is InChI=1S/C22H24ClN3O7/c1-12(2)20(25-21(28)14-5-7-16(23)18(10-14)26(30)31)22(29)24-17-8-6-15(9-13(17)3)33-11-19(27)32-4/h5-10,12,20H,11H2,1-4H3,(H,24,29)(H,25,28). The summed E-state index contributed by atoms with van der Waals surface area (Å²) < 4.78 is 9.84. The van der Waals surface area contributed by atoms with Crippen LogP contribution in [0.25, 0.3) is 0 Å². The second-order valence-electron chi connectivity index (χ2n) is 7.45. The molecule has 2 aromatic rings. The number of esters is 1. The smallest absolute Gasteiger partial charge is 0.343 e. The van der Waals surface area contributed by atoms with E-state index in [0.29, 0.717) is 17.0 Å². The molecule has 0 saturated carbocycles. The largest absolute Gasteiger partial charge is 0.482 e. The lowest BCUT2D eigenvalue weighted by Gasteiger charge is -2.22. The van der Waals surface area contributed by atoms with Gasteiger partial charge in [-0.15, -0.1) is 0 Å². The Kier molecular flexibility index (Phi) is 8.75. The van der Waals surface area contributed by atoms with Gasteiger partial charge in [0.1, 0.15) is 16.8 Å². The number of anilines is 1. The fourth-order valence-electron chi connectivity index (χ4n) is 2.83. The molecule has 0 aliphatic rings. The molecule has 2 amide bonds. The summed E-state index contributed by atoms with van der Waals surface area (Å²) in [4.78, 5) is 47.1. The van der Waals surface area contributed by atoms with Crippen molar-refractivity contribution < 1.29 is 28.8 Å². The summed E-state index contributed by atoms with van der Waals surface area (Å²) in [5.74, 6) is -1.49. The maximum atomic E-state index is 12.9. The third-order valence-electron chi connectivity index (χ3n) is 4.68. The number of nitrogens with zero attached hydrogens (tertiary/aromatic N) is 1. The second kappa shape index (κ2) is 11.3. The Morgan fingerprint density at radius 2 is 1.85 bits per heavy atom. The zero-order valence-electron chi connectivity index (χ0n) is 18.5. The molecule has 1 unspecified atom stereocenters. The summed E-state index contributed by atoms with van der Waals surface area (Å²) in [5, 5.41) is 16.4. The predicted octanol–water partition coefficient (Wildman–Crippen LogP) is 3.50. The summed E-state index contributed by atoms with van der Waals surface area (Å²) in [5.41, 5.74) is 0.771.